The predicted octanol–water partition coefficient (Wildman–Crippen LogP) is 2.83. The van der Waals surface area contributed by atoms with Gasteiger partial charge >= 0.3 is 0 Å². The molecule has 2 amide bonds. The molecule has 0 unspecified atom stereocenters. The maximum Gasteiger partial charge on any atom is 0.290 e. The summed E-state index contributed by atoms with van der Waals surface area (Å²) in [5.41, 5.74) is 8.08. The summed E-state index contributed by atoms with van der Waals surface area (Å²) in [6, 6.07) is 16.7. The largest absolute Gasteiger partial charge is 0.290 e. The van der Waals surface area contributed by atoms with E-state index in [0.717, 1.165) is 28.8 Å². The summed E-state index contributed by atoms with van der Waals surface area (Å²) in [7, 11) is 0. The zero-order valence-electron chi connectivity index (χ0n) is 15.7. The van der Waals surface area contributed by atoms with Crippen LogP contribution in [0.3, 0.4) is 0 Å². The molecule has 4 aromatic rings. The summed E-state index contributed by atoms with van der Waals surface area (Å²) < 4.78 is 0. The third-order valence-electron chi connectivity index (χ3n) is 5.16. The summed E-state index contributed by atoms with van der Waals surface area (Å²) >= 11 is 1.41. The number of carbonyl (C=O) groups is 2. The van der Waals surface area contributed by atoms with Gasteiger partial charge in [0.05, 0.1) is 10.3 Å². The summed E-state index contributed by atoms with van der Waals surface area (Å²) in [4.78, 5) is 38.7. The quantitative estimate of drug-likeness (QED) is 0.437. The van der Waals surface area contributed by atoms with Crippen molar-refractivity contribution in [2.75, 3.05) is 0 Å². The number of amides is 2. The molecular formula is C22H16N4O3S. The van der Waals surface area contributed by atoms with Crippen molar-refractivity contribution in [1.82, 2.24) is 21.0 Å². The molecule has 1 aliphatic rings. The lowest BCUT2D eigenvalue weighted by Gasteiger charge is -2.15. The first-order valence-corrected chi connectivity index (χ1v) is 10.2. The number of benzene rings is 2. The molecule has 0 aliphatic heterocycles. The number of fused-ring (bicyclic) bond motifs is 4. The van der Waals surface area contributed by atoms with E-state index in [1.807, 2.05) is 18.2 Å². The Morgan fingerprint density at radius 1 is 0.900 bits per heavy atom. The Balaban J connectivity index is 1.36. The molecule has 0 saturated heterocycles. The topological polar surface area (TPSA) is 104 Å². The van der Waals surface area contributed by atoms with Gasteiger partial charge in [0.15, 0.2) is 5.69 Å². The van der Waals surface area contributed by atoms with Gasteiger partial charge in [-0.05, 0) is 41.7 Å². The zero-order valence-corrected chi connectivity index (χ0v) is 16.5. The van der Waals surface area contributed by atoms with E-state index in [2.05, 4.69) is 33.2 Å². The monoisotopic (exact) mass is 416 g/mol. The van der Waals surface area contributed by atoms with Crippen molar-refractivity contribution in [3.8, 4) is 10.4 Å². The second-order valence-corrected chi connectivity index (χ2v) is 8.03. The molecule has 0 radical (unpaired) electrons. The number of H-pyrrole nitrogens is 1. The van der Waals surface area contributed by atoms with Crippen LogP contribution in [0.15, 0.2) is 59.4 Å². The lowest BCUT2D eigenvalue weighted by Crippen LogP contribution is -2.42. The lowest BCUT2D eigenvalue weighted by atomic mass is 9.91. The van der Waals surface area contributed by atoms with Crippen LogP contribution in [0.5, 0.6) is 0 Å². The minimum absolute atomic E-state index is 0.0323. The number of hydrogen-bond donors (Lipinski definition) is 3. The van der Waals surface area contributed by atoms with Crippen molar-refractivity contribution < 1.29 is 9.59 Å². The first kappa shape index (κ1) is 18.3. The second kappa shape index (κ2) is 7.23. The Morgan fingerprint density at radius 3 is 2.47 bits per heavy atom. The molecule has 2 aromatic heterocycles. The van der Waals surface area contributed by atoms with Crippen LogP contribution in [-0.4, -0.2) is 22.0 Å². The smallest absolute Gasteiger partial charge is 0.267 e. The van der Waals surface area contributed by atoms with Crippen LogP contribution in [0.4, 0.5) is 0 Å². The van der Waals surface area contributed by atoms with Crippen LogP contribution >= 0.6 is 11.3 Å². The maximum absolute atomic E-state index is 12.6. The first-order valence-electron chi connectivity index (χ1n) is 9.41. The van der Waals surface area contributed by atoms with Crippen LogP contribution in [0.25, 0.3) is 21.2 Å². The molecule has 0 saturated carbocycles. The number of hydrogen-bond acceptors (Lipinski definition) is 5. The highest BCUT2D eigenvalue weighted by atomic mass is 32.1. The molecule has 2 heterocycles. The molecule has 0 spiro atoms. The fourth-order valence-electron chi connectivity index (χ4n) is 3.71. The number of hydrazine groups is 1. The van der Waals surface area contributed by atoms with Crippen LogP contribution in [0, 0.1) is 0 Å². The van der Waals surface area contributed by atoms with Crippen molar-refractivity contribution >= 4 is 33.9 Å². The summed E-state index contributed by atoms with van der Waals surface area (Å²) in [6.45, 7) is 0. The molecule has 2 aromatic carbocycles. The van der Waals surface area contributed by atoms with Crippen molar-refractivity contribution in [3.63, 3.8) is 0 Å². The molecule has 30 heavy (non-hydrogen) atoms. The average molecular weight is 416 g/mol. The van der Waals surface area contributed by atoms with E-state index in [9.17, 15) is 14.4 Å². The highest BCUT2D eigenvalue weighted by Crippen LogP contribution is 2.39. The lowest BCUT2D eigenvalue weighted by molar-refractivity contribution is 0.0846. The molecular weight excluding hydrogens is 400 g/mol. The Hall–Kier alpha value is -3.78. The third kappa shape index (κ3) is 3.07. The van der Waals surface area contributed by atoms with E-state index >= 15 is 0 Å². The Morgan fingerprint density at radius 2 is 1.60 bits per heavy atom. The molecule has 7 nitrogen and oxygen atoms in total. The molecule has 148 valence electrons. The second-order valence-electron chi connectivity index (χ2n) is 6.98. The predicted molar refractivity (Wildman–Crippen MR) is 114 cm³/mol. The number of carbonyl (C=O) groups excluding carboxylic acids is 2. The number of aromatic amines is 1. The molecule has 3 N–H and O–H groups in total. The van der Waals surface area contributed by atoms with Crippen LogP contribution in [-0.2, 0) is 12.8 Å². The Bertz CT molecular complexity index is 1370. The first-order chi connectivity index (χ1) is 14.6. The number of rotatable bonds is 2. The average Bonchev–Trinajstić information content (AvgIpc) is 3.23. The summed E-state index contributed by atoms with van der Waals surface area (Å²) in [5.74, 6) is -1.00. The van der Waals surface area contributed by atoms with Gasteiger partial charge in [-0.3, -0.25) is 25.2 Å². The van der Waals surface area contributed by atoms with Gasteiger partial charge in [0.2, 0.25) is 0 Å². The van der Waals surface area contributed by atoms with Crippen molar-refractivity contribution in [2.45, 2.75) is 12.8 Å². The summed E-state index contributed by atoms with van der Waals surface area (Å²) in [5, 5.41) is 6.91. The van der Waals surface area contributed by atoms with Crippen LogP contribution in [0.1, 0.15) is 31.3 Å². The van der Waals surface area contributed by atoms with Crippen LogP contribution in [0.2, 0.25) is 0 Å². The van der Waals surface area contributed by atoms with E-state index in [1.165, 1.54) is 16.9 Å². The van der Waals surface area contributed by atoms with Gasteiger partial charge in [0.25, 0.3) is 17.4 Å². The van der Waals surface area contributed by atoms with Crippen molar-refractivity contribution in [2.24, 2.45) is 0 Å². The fourth-order valence-corrected chi connectivity index (χ4v) is 4.87. The van der Waals surface area contributed by atoms with Crippen molar-refractivity contribution in [3.05, 3.63) is 86.6 Å². The molecule has 0 bridgehead atoms. The minimum atomic E-state index is -0.609. The van der Waals surface area contributed by atoms with Gasteiger partial charge in [-0.25, -0.2) is 5.10 Å². The van der Waals surface area contributed by atoms with E-state index in [1.54, 1.807) is 24.3 Å². The summed E-state index contributed by atoms with van der Waals surface area (Å²) in [6.07, 6.45) is 1.83. The number of aromatic nitrogens is 2. The van der Waals surface area contributed by atoms with Gasteiger partial charge in [0.1, 0.15) is 0 Å². The van der Waals surface area contributed by atoms with Gasteiger partial charge in [-0.1, -0.05) is 42.5 Å². The van der Waals surface area contributed by atoms with Gasteiger partial charge in [-0.2, -0.15) is 5.10 Å². The van der Waals surface area contributed by atoms with E-state index in [0.29, 0.717) is 15.6 Å². The normalized spacial score (nSPS) is 12.1. The zero-order chi connectivity index (χ0) is 20.7. The standard InChI is InChI=1S/C22H16N4O3S/c27-20-16-8-4-3-7-15(16)18(23-24-20)22(29)26-25-21(28)17-11-13-10-9-12-5-1-2-6-14(12)19(13)30-17/h1-8,11H,9-10H2,(H,24,27)(H,25,28)(H,26,29). The highest BCUT2D eigenvalue weighted by molar-refractivity contribution is 7.17. The Labute approximate surface area is 174 Å². The molecule has 0 atom stereocenters. The van der Waals surface area contributed by atoms with Gasteiger partial charge < -0.3 is 0 Å². The minimum Gasteiger partial charge on any atom is -0.267 e. The van der Waals surface area contributed by atoms with Gasteiger partial charge in [-0.15, -0.1) is 11.3 Å². The van der Waals surface area contributed by atoms with E-state index in [-0.39, 0.29) is 11.3 Å². The molecule has 0 fully saturated rings. The van der Waals surface area contributed by atoms with E-state index in [4.69, 9.17) is 0 Å². The number of nitrogens with zero attached hydrogens (tertiary/aromatic N) is 1. The highest BCUT2D eigenvalue weighted by Gasteiger charge is 2.22. The van der Waals surface area contributed by atoms with E-state index < -0.39 is 11.8 Å². The van der Waals surface area contributed by atoms with Crippen LogP contribution < -0.4 is 16.4 Å². The number of nitrogens with one attached hydrogen (secondary N) is 3. The maximum atomic E-state index is 12.6. The molecule has 1 aliphatic carbocycles. The SMILES string of the molecule is O=C(NNC(=O)c1n[nH]c(=O)c2ccccc12)c1cc2c(s1)-c1ccccc1CC2. The van der Waals surface area contributed by atoms with Crippen molar-refractivity contribution in [1.29, 1.82) is 0 Å². The van der Waals surface area contributed by atoms with Gasteiger partial charge in [0, 0.05) is 10.3 Å². The fraction of sp³-hybridized carbons (Fsp3) is 0.0909. The molecule has 8 heteroatoms. The number of thiophene rings is 1. The number of aryl methyl sites for hydroxylation is 2. The molecule has 5 rings (SSSR count). The Kier molecular flexibility index (Phi) is 4.40. The third-order valence-corrected chi connectivity index (χ3v) is 6.37.